The zero-order valence-corrected chi connectivity index (χ0v) is 7.35. The van der Waals surface area contributed by atoms with Crippen LogP contribution in [0.4, 0.5) is 0 Å². The Kier molecular flexibility index (Phi) is 2.33. The van der Waals surface area contributed by atoms with Gasteiger partial charge in [0.15, 0.2) is 0 Å². The third-order valence-electron chi connectivity index (χ3n) is 1.47. The number of hydrogen-bond acceptors (Lipinski definition) is 1. The highest BCUT2D eigenvalue weighted by Gasteiger charge is 1.99. The SMILES string of the molecule is Cc1cccc(CBr)c1O. The van der Waals surface area contributed by atoms with Gasteiger partial charge >= 0.3 is 0 Å². The van der Waals surface area contributed by atoms with Gasteiger partial charge in [-0.3, -0.25) is 0 Å². The molecular formula is C8H9BrO. The van der Waals surface area contributed by atoms with Gasteiger partial charge in [0.2, 0.25) is 0 Å². The van der Waals surface area contributed by atoms with Crippen LogP contribution in [0.25, 0.3) is 0 Å². The molecule has 2 heteroatoms. The van der Waals surface area contributed by atoms with Crippen LogP contribution in [-0.2, 0) is 5.33 Å². The van der Waals surface area contributed by atoms with Crippen molar-refractivity contribution in [2.45, 2.75) is 12.3 Å². The third kappa shape index (κ3) is 1.32. The Morgan fingerprint density at radius 3 is 2.70 bits per heavy atom. The highest BCUT2D eigenvalue weighted by molar-refractivity contribution is 9.08. The van der Waals surface area contributed by atoms with Gasteiger partial charge in [0.25, 0.3) is 0 Å². The van der Waals surface area contributed by atoms with E-state index < -0.39 is 0 Å². The lowest BCUT2D eigenvalue weighted by atomic mass is 10.1. The lowest BCUT2D eigenvalue weighted by Gasteiger charge is -2.01. The average Bonchev–Trinajstić information content (AvgIpc) is 1.95. The van der Waals surface area contributed by atoms with Crippen molar-refractivity contribution in [2.24, 2.45) is 0 Å². The van der Waals surface area contributed by atoms with Crippen molar-refractivity contribution in [1.29, 1.82) is 0 Å². The fourth-order valence-electron chi connectivity index (χ4n) is 0.828. The van der Waals surface area contributed by atoms with Crippen molar-refractivity contribution in [3.05, 3.63) is 29.3 Å². The second-order valence-electron chi connectivity index (χ2n) is 2.22. The van der Waals surface area contributed by atoms with Crippen LogP contribution in [0.2, 0.25) is 0 Å². The minimum atomic E-state index is 0.402. The molecule has 0 bridgehead atoms. The fourth-order valence-corrected chi connectivity index (χ4v) is 1.28. The first-order chi connectivity index (χ1) is 4.75. The lowest BCUT2D eigenvalue weighted by molar-refractivity contribution is 0.466. The minimum Gasteiger partial charge on any atom is -0.507 e. The molecule has 10 heavy (non-hydrogen) atoms. The Hall–Kier alpha value is -0.500. The highest BCUT2D eigenvalue weighted by Crippen LogP contribution is 2.22. The van der Waals surface area contributed by atoms with Crippen LogP contribution in [0.5, 0.6) is 5.75 Å². The maximum Gasteiger partial charge on any atom is 0.122 e. The topological polar surface area (TPSA) is 20.2 Å². The summed E-state index contributed by atoms with van der Waals surface area (Å²) in [6.45, 7) is 1.89. The Morgan fingerprint density at radius 1 is 1.50 bits per heavy atom. The summed E-state index contributed by atoms with van der Waals surface area (Å²) >= 11 is 3.28. The van der Waals surface area contributed by atoms with E-state index in [4.69, 9.17) is 0 Å². The van der Waals surface area contributed by atoms with Gasteiger partial charge in [-0.1, -0.05) is 34.1 Å². The van der Waals surface area contributed by atoms with Crippen LogP contribution in [-0.4, -0.2) is 5.11 Å². The van der Waals surface area contributed by atoms with Crippen molar-refractivity contribution in [3.63, 3.8) is 0 Å². The van der Waals surface area contributed by atoms with Crippen LogP contribution >= 0.6 is 15.9 Å². The van der Waals surface area contributed by atoms with Crippen molar-refractivity contribution < 1.29 is 5.11 Å². The maximum absolute atomic E-state index is 9.37. The molecule has 0 saturated heterocycles. The summed E-state index contributed by atoms with van der Waals surface area (Å²) in [5.74, 6) is 0.402. The molecule has 1 nitrogen and oxygen atoms in total. The van der Waals surface area contributed by atoms with Gasteiger partial charge in [0, 0.05) is 10.9 Å². The van der Waals surface area contributed by atoms with Crippen molar-refractivity contribution in [2.75, 3.05) is 0 Å². The molecule has 1 N–H and O–H groups in total. The van der Waals surface area contributed by atoms with Gasteiger partial charge in [0.1, 0.15) is 5.75 Å². The first-order valence-electron chi connectivity index (χ1n) is 3.09. The second kappa shape index (κ2) is 3.06. The standard InChI is InChI=1S/C8H9BrO/c1-6-3-2-4-7(5-9)8(6)10/h2-4,10H,5H2,1H3. The predicted molar refractivity (Wildman–Crippen MR) is 45.5 cm³/mol. The molecule has 0 fully saturated rings. The number of rotatable bonds is 1. The number of aromatic hydroxyl groups is 1. The molecule has 0 aliphatic carbocycles. The van der Waals surface area contributed by atoms with E-state index in [2.05, 4.69) is 15.9 Å². The van der Waals surface area contributed by atoms with Gasteiger partial charge in [-0.05, 0) is 12.5 Å². The number of aryl methyl sites for hydroxylation is 1. The minimum absolute atomic E-state index is 0.402. The number of hydrogen-bond donors (Lipinski definition) is 1. The molecule has 0 saturated carbocycles. The van der Waals surface area contributed by atoms with Crippen molar-refractivity contribution >= 4 is 15.9 Å². The molecule has 0 amide bonds. The van der Waals surface area contributed by atoms with Crippen LogP contribution in [0.1, 0.15) is 11.1 Å². The largest absolute Gasteiger partial charge is 0.507 e. The Labute approximate surface area is 68.8 Å². The highest BCUT2D eigenvalue weighted by atomic mass is 79.9. The smallest absolute Gasteiger partial charge is 0.122 e. The normalized spacial score (nSPS) is 9.80. The number of phenols is 1. The van der Waals surface area contributed by atoms with E-state index in [9.17, 15) is 5.11 Å². The molecule has 0 atom stereocenters. The van der Waals surface area contributed by atoms with E-state index in [-0.39, 0.29) is 0 Å². The van der Waals surface area contributed by atoms with E-state index in [1.54, 1.807) is 0 Å². The van der Waals surface area contributed by atoms with Gasteiger partial charge in [-0.2, -0.15) is 0 Å². The van der Waals surface area contributed by atoms with E-state index >= 15 is 0 Å². The maximum atomic E-state index is 9.37. The van der Waals surface area contributed by atoms with Gasteiger partial charge < -0.3 is 5.11 Å². The second-order valence-corrected chi connectivity index (χ2v) is 2.78. The lowest BCUT2D eigenvalue weighted by Crippen LogP contribution is -1.81. The summed E-state index contributed by atoms with van der Waals surface area (Å²) in [6.07, 6.45) is 0. The summed E-state index contributed by atoms with van der Waals surface area (Å²) in [6, 6.07) is 5.73. The molecule has 0 aromatic heterocycles. The summed E-state index contributed by atoms with van der Waals surface area (Å²) in [7, 11) is 0. The molecule has 1 aromatic rings. The van der Waals surface area contributed by atoms with Crippen molar-refractivity contribution in [3.8, 4) is 5.75 Å². The quantitative estimate of drug-likeness (QED) is 0.692. The molecule has 54 valence electrons. The van der Waals surface area contributed by atoms with Crippen LogP contribution in [0.3, 0.4) is 0 Å². The molecule has 0 unspecified atom stereocenters. The Bertz CT molecular complexity index is 233. The Morgan fingerprint density at radius 2 is 2.20 bits per heavy atom. The third-order valence-corrected chi connectivity index (χ3v) is 2.07. The van der Waals surface area contributed by atoms with E-state index in [0.29, 0.717) is 11.1 Å². The number of phenolic OH excluding ortho intramolecular Hbond substituents is 1. The van der Waals surface area contributed by atoms with Gasteiger partial charge in [0.05, 0.1) is 0 Å². The molecule has 0 aliphatic rings. The molecule has 0 spiro atoms. The number of halogens is 1. The number of benzene rings is 1. The van der Waals surface area contributed by atoms with Crippen LogP contribution < -0.4 is 0 Å². The van der Waals surface area contributed by atoms with Gasteiger partial charge in [-0.25, -0.2) is 0 Å². The van der Waals surface area contributed by atoms with E-state index in [1.165, 1.54) is 0 Å². The summed E-state index contributed by atoms with van der Waals surface area (Å²) in [5, 5.41) is 10.1. The summed E-state index contributed by atoms with van der Waals surface area (Å²) < 4.78 is 0. The zero-order valence-electron chi connectivity index (χ0n) is 5.76. The fraction of sp³-hybridized carbons (Fsp3) is 0.250. The van der Waals surface area contributed by atoms with Crippen LogP contribution in [0, 0.1) is 6.92 Å². The molecular weight excluding hydrogens is 192 g/mol. The predicted octanol–water partition coefficient (Wildman–Crippen LogP) is 2.60. The molecule has 1 rings (SSSR count). The monoisotopic (exact) mass is 200 g/mol. The average molecular weight is 201 g/mol. The van der Waals surface area contributed by atoms with Crippen LogP contribution in [0.15, 0.2) is 18.2 Å². The molecule has 0 radical (unpaired) electrons. The summed E-state index contributed by atoms with van der Waals surface area (Å²) in [4.78, 5) is 0. The number of para-hydroxylation sites is 1. The molecule has 0 aliphatic heterocycles. The molecule has 1 aromatic carbocycles. The van der Waals surface area contributed by atoms with Gasteiger partial charge in [-0.15, -0.1) is 0 Å². The molecule has 0 heterocycles. The number of alkyl halides is 1. The zero-order chi connectivity index (χ0) is 7.56. The first-order valence-corrected chi connectivity index (χ1v) is 4.21. The summed E-state index contributed by atoms with van der Waals surface area (Å²) in [5.41, 5.74) is 1.87. The Balaban J connectivity index is 3.14. The van der Waals surface area contributed by atoms with Crippen molar-refractivity contribution in [1.82, 2.24) is 0 Å². The first kappa shape index (κ1) is 7.61. The van der Waals surface area contributed by atoms with E-state index in [0.717, 1.165) is 11.1 Å². The van der Waals surface area contributed by atoms with E-state index in [1.807, 2.05) is 25.1 Å².